The number of benzene rings is 3. The van der Waals surface area contributed by atoms with E-state index < -0.39 is 0 Å². The molecule has 3 rings (SSSR count). The van der Waals surface area contributed by atoms with Crippen LogP contribution in [-0.2, 0) is 13.2 Å². The Kier molecular flexibility index (Phi) is 7.01. The largest absolute Gasteiger partial charge is 0.490 e. The van der Waals surface area contributed by atoms with E-state index in [1.807, 2.05) is 37.3 Å². The molecule has 28 heavy (non-hydrogen) atoms. The van der Waals surface area contributed by atoms with Gasteiger partial charge in [-0.3, -0.25) is 0 Å². The first-order valence-corrected chi connectivity index (χ1v) is 9.62. The highest BCUT2D eigenvalue weighted by Crippen LogP contribution is 2.30. The van der Waals surface area contributed by atoms with Gasteiger partial charge < -0.3 is 14.8 Å². The molecule has 0 radical (unpaired) electrons. The fraction of sp³-hybridized carbons (Fsp3) is 0.182. The maximum atomic E-state index is 13.3. The lowest BCUT2D eigenvalue weighted by Crippen LogP contribution is -2.03. The van der Waals surface area contributed by atoms with Crippen molar-refractivity contribution in [1.82, 2.24) is 0 Å². The van der Waals surface area contributed by atoms with Gasteiger partial charge in [0.1, 0.15) is 12.4 Å². The summed E-state index contributed by atoms with van der Waals surface area (Å²) in [7, 11) is 0. The van der Waals surface area contributed by atoms with Gasteiger partial charge in [0.15, 0.2) is 11.5 Å². The van der Waals surface area contributed by atoms with Crippen molar-refractivity contribution in [2.45, 2.75) is 20.1 Å². The lowest BCUT2D eigenvalue weighted by molar-refractivity contribution is 0.269. The molecule has 0 saturated heterocycles. The van der Waals surface area contributed by atoms with Crippen LogP contribution in [0.4, 0.5) is 10.1 Å². The molecule has 0 atom stereocenters. The van der Waals surface area contributed by atoms with Crippen LogP contribution < -0.4 is 14.8 Å². The van der Waals surface area contributed by atoms with Gasteiger partial charge in [-0.05, 0) is 60.5 Å². The first-order chi connectivity index (χ1) is 13.5. The molecular formula is C22H20Cl2FNO2. The standard InChI is InChI=1S/C22H20Cl2FNO2/c1-2-27-22-11-15(13-26-18-7-8-19(23)20(24)12-18)6-9-21(22)28-14-16-4-3-5-17(25)10-16/h3-12,26H,2,13-14H2,1H3. The smallest absolute Gasteiger partial charge is 0.161 e. The molecule has 0 spiro atoms. The minimum absolute atomic E-state index is 0.263. The Balaban J connectivity index is 1.68. The molecule has 0 saturated carbocycles. The van der Waals surface area contributed by atoms with Gasteiger partial charge in [0, 0.05) is 12.2 Å². The Morgan fingerprint density at radius 3 is 2.46 bits per heavy atom. The van der Waals surface area contributed by atoms with Crippen molar-refractivity contribution in [3.05, 3.63) is 87.7 Å². The van der Waals surface area contributed by atoms with Crippen molar-refractivity contribution in [1.29, 1.82) is 0 Å². The van der Waals surface area contributed by atoms with E-state index in [1.54, 1.807) is 18.2 Å². The Hall–Kier alpha value is -2.43. The number of nitrogens with one attached hydrogen (secondary N) is 1. The average molecular weight is 420 g/mol. The summed E-state index contributed by atoms with van der Waals surface area (Å²) in [5.74, 6) is 0.978. The van der Waals surface area contributed by atoms with Crippen molar-refractivity contribution in [2.75, 3.05) is 11.9 Å². The van der Waals surface area contributed by atoms with E-state index in [2.05, 4.69) is 5.32 Å². The van der Waals surface area contributed by atoms with Gasteiger partial charge in [0.2, 0.25) is 0 Å². The molecule has 0 fully saturated rings. The third-order valence-corrected chi connectivity index (χ3v) is 4.75. The summed E-state index contributed by atoms with van der Waals surface area (Å²) in [6, 6.07) is 17.5. The quantitative estimate of drug-likeness (QED) is 0.439. The van der Waals surface area contributed by atoms with Gasteiger partial charge in [-0.2, -0.15) is 0 Å². The Labute approximate surface area is 174 Å². The normalized spacial score (nSPS) is 10.6. The second-order valence-corrected chi connectivity index (χ2v) is 6.93. The molecule has 0 aliphatic rings. The lowest BCUT2D eigenvalue weighted by atomic mass is 10.2. The number of anilines is 1. The summed E-state index contributed by atoms with van der Waals surface area (Å²) in [4.78, 5) is 0. The molecule has 0 heterocycles. The van der Waals surface area contributed by atoms with E-state index in [1.165, 1.54) is 12.1 Å². The highest BCUT2D eigenvalue weighted by molar-refractivity contribution is 6.42. The number of halogens is 3. The lowest BCUT2D eigenvalue weighted by Gasteiger charge is -2.14. The van der Waals surface area contributed by atoms with Crippen molar-refractivity contribution >= 4 is 28.9 Å². The van der Waals surface area contributed by atoms with Crippen molar-refractivity contribution in [3.63, 3.8) is 0 Å². The van der Waals surface area contributed by atoms with Crippen LogP contribution in [0.5, 0.6) is 11.5 Å². The van der Waals surface area contributed by atoms with Crippen LogP contribution in [0.3, 0.4) is 0 Å². The predicted molar refractivity (Wildman–Crippen MR) is 112 cm³/mol. The molecule has 0 aliphatic heterocycles. The van der Waals surface area contributed by atoms with Gasteiger partial charge in [-0.15, -0.1) is 0 Å². The minimum atomic E-state index is -0.283. The Morgan fingerprint density at radius 2 is 1.71 bits per heavy atom. The number of rotatable bonds is 8. The van der Waals surface area contributed by atoms with Gasteiger partial charge in [0.25, 0.3) is 0 Å². The third kappa shape index (κ3) is 5.54. The van der Waals surface area contributed by atoms with Gasteiger partial charge >= 0.3 is 0 Å². The summed E-state index contributed by atoms with van der Waals surface area (Å²) >= 11 is 12.0. The zero-order valence-corrected chi connectivity index (χ0v) is 16.9. The van der Waals surface area contributed by atoms with E-state index in [0.29, 0.717) is 34.7 Å². The van der Waals surface area contributed by atoms with E-state index in [9.17, 15) is 4.39 Å². The summed E-state index contributed by atoms with van der Waals surface area (Å²) in [6.45, 7) is 3.28. The third-order valence-electron chi connectivity index (χ3n) is 4.01. The highest BCUT2D eigenvalue weighted by atomic mass is 35.5. The van der Waals surface area contributed by atoms with E-state index in [4.69, 9.17) is 32.7 Å². The molecule has 0 aliphatic carbocycles. The molecule has 146 valence electrons. The molecule has 0 bridgehead atoms. The monoisotopic (exact) mass is 419 g/mol. The van der Waals surface area contributed by atoms with Crippen molar-refractivity contribution in [2.24, 2.45) is 0 Å². The maximum absolute atomic E-state index is 13.3. The number of hydrogen-bond donors (Lipinski definition) is 1. The molecule has 3 aromatic rings. The summed E-state index contributed by atoms with van der Waals surface area (Å²) in [5, 5.41) is 4.32. The fourth-order valence-corrected chi connectivity index (χ4v) is 2.95. The van der Waals surface area contributed by atoms with Crippen LogP contribution in [0, 0.1) is 5.82 Å². The van der Waals surface area contributed by atoms with Crippen LogP contribution in [0.15, 0.2) is 60.7 Å². The SMILES string of the molecule is CCOc1cc(CNc2ccc(Cl)c(Cl)c2)ccc1OCc1cccc(F)c1. The zero-order valence-electron chi connectivity index (χ0n) is 15.3. The summed E-state index contributed by atoms with van der Waals surface area (Å²) in [5.41, 5.74) is 2.65. The van der Waals surface area contributed by atoms with Crippen LogP contribution >= 0.6 is 23.2 Å². The average Bonchev–Trinajstić information content (AvgIpc) is 2.68. The van der Waals surface area contributed by atoms with Crippen molar-refractivity contribution in [3.8, 4) is 11.5 Å². The molecule has 6 heteroatoms. The van der Waals surface area contributed by atoms with Crippen LogP contribution in [-0.4, -0.2) is 6.61 Å². The Morgan fingerprint density at radius 1 is 0.857 bits per heavy atom. The van der Waals surface area contributed by atoms with Crippen LogP contribution in [0.25, 0.3) is 0 Å². The number of ether oxygens (including phenoxy) is 2. The molecule has 0 aromatic heterocycles. The van der Waals surface area contributed by atoms with Gasteiger partial charge in [-0.1, -0.05) is 41.4 Å². The second kappa shape index (κ2) is 9.67. The fourth-order valence-electron chi connectivity index (χ4n) is 2.65. The van der Waals surface area contributed by atoms with E-state index in [0.717, 1.165) is 16.8 Å². The molecule has 3 aromatic carbocycles. The molecule has 1 N–H and O–H groups in total. The molecule has 3 nitrogen and oxygen atoms in total. The zero-order chi connectivity index (χ0) is 19.9. The Bertz CT molecular complexity index is 950. The summed E-state index contributed by atoms with van der Waals surface area (Å²) in [6.07, 6.45) is 0. The van der Waals surface area contributed by atoms with E-state index in [-0.39, 0.29) is 12.4 Å². The molecular weight excluding hydrogens is 400 g/mol. The molecule has 0 amide bonds. The first-order valence-electron chi connectivity index (χ1n) is 8.87. The topological polar surface area (TPSA) is 30.5 Å². The number of hydrogen-bond acceptors (Lipinski definition) is 3. The van der Waals surface area contributed by atoms with Crippen molar-refractivity contribution < 1.29 is 13.9 Å². The highest BCUT2D eigenvalue weighted by Gasteiger charge is 2.08. The minimum Gasteiger partial charge on any atom is -0.490 e. The summed E-state index contributed by atoms with van der Waals surface area (Å²) < 4.78 is 24.9. The van der Waals surface area contributed by atoms with Crippen LogP contribution in [0.1, 0.15) is 18.1 Å². The maximum Gasteiger partial charge on any atom is 0.161 e. The first kappa shape index (κ1) is 20.3. The van der Waals surface area contributed by atoms with Gasteiger partial charge in [-0.25, -0.2) is 4.39 Å². The van der Waals surface area contributed by atoms with E-state index >= 15 is 0 Å². The molecule has 0 unspecified atom stereocenters. The predicted octanol–water partition coefficient (Wildman–Crippen LogP) is 6.72. The van der Waals surface area contributed by atoms with Gasteiger partial charge in [0.05, 0.1) is 16.7 Å². The van der Waals surface area contributed by atoms with Crippen LogP contribution in [0.2, 0.25) is 10.0 Å². The second-order valence-electron chi connectivity index (χ2n) is 6.12.